The molecule has 0 bridgehead atoms. The molecule has 0 aromatic carbocycles. The van der Waals surface area contributed by atoms with Crippen LogP contribution in [0.3, 0.4) is 0 Å². The van der Waals surface area contributed by atoms with Crippen LogP contribution in [0.4, 0.5) is 0 Å². The predicted molar refractivity (Wildman–Crippen MR) is 245 cm³/mol. The molecule has 6 rings (SSSR count). The SMILES string of the molecule is CC(C)CCC[C@H](C)C1CCC2/C(=C/C=C3C[C@@H](O)C(C)[C@H](O)C3)CCC[C@@]21C.CC(C)CCC[C@H](C)C1CCC2/C(=C/C=C3C[C@@H](O)C(C)[C@H](O)C3)CCC[C@@]21C. The average molecular weight is 805 g/mol. The molecule has 58 heavy (non-hydrogen) atoms. The lowest BCUT2D eigenvalue weighted by Crippen LogP contribution is -2.36. The van der Waals surface area contributed by atoms with Gasteiger partial charge in [0.15, 0.2) is 0 Å². The van der Waals surface area contributed by atoms with Crippen molar-refractivity contribution >= 4 is 0 Å². The molecule has 12 atom stereocenters. The van der Waals surface area contributed by atoms with Crippen molar-refractivity contribution in [1.29, 1.82) is 0 Å². The van der Waals surface area contributed by atoms with Crippen molar-refractivity contribution < 1.29 is 20.4 Å². The Kier molecular flexibility index (Phi) is 17.5. The van der Waals surface area contributed by atoms with Crippen molar-refractivity contribution in [3.63, 3.8) is 0 Å². The summed E-state index contributed by atoms with van der Waals surface area (Å²) >= 11 is 0. The molecule has 4 N–H and O–H groups in total. The summed E-state index contributed by atoms with van der Waals surface area (Å²) in [5, 5.41) is 40.9. The van der Waals surface area contributed by atoms with Gasteiger partial charge in [0.05, 0.1) is 24.4 Å². The summed E-state index contributed by atoms with van der Waals surface area (Å²) in [6.07, 6.45) is 32.2. The molecule has 4 unspecified atom stereocenters. The largest absolute Gasteiger partial charge is 0.392 e. The Bertz CT molecular complexity index is 1290. The Labute approximate surface area is 357 Å². The standard InChI is InChI=1S/2C27H46O2/c2*1-18(2)8-6-9-19(3)23-13-14-24-22(10-7-15-27(23,24)5)12-11-21-16-25(28)20(4)26(29)17-21/h2*11-12,18-20,23-26,28-29H,6-10,13-17H2,1-5H3/b2*21-11?,22-12+/t2*19-,20?,23?,24?,25+,26+,27+/m00/s1. The fraction of sp³-hybridized carbons (Fsp3) is 0.852. The number of hydrogen-bond donors (Lipinski definition) is 4. The highest BCUT2D eigenvalue weighted by molar-refractivity contribution is 5.28. The van der Waals surface area contributed by atoms with Crippen molar-refractivity contribution in [2.24, 2.45) is 70.0 Å². The number of allylic oxidation sites excluding steroid dienone is 6. The topological polar surface area (TPSA) is 80.9 Å². The third kappa shape index (κ3) is 11.6. The monoisotopic (exact) mass is 805 g/mol. The van der Waals surface area contributed by atoms with E-state index in [9.17, 15) is 20.4 Å². The molecule has 6 aliphatic carbocycles. The van der Waals surface area contributed by atoms with Crippen LogP contribution in [-0.4, -0.2) is 44.8 Å². The summed E-state index contributed by atoms with van der Waals surface area (Å²) in [6.45, 7) is 23.5. The summed E-state index contributed by atoms with van der Waals surface area (Å²) < 4.78 is 0. The van der Waals surface area contributed by atoms with E-state index in [0.29, 0.717) is 10.8 Å². The van der Waals surface area contributed by atoms with E-state index in [-0.39, 0.29) is 11.8 Å². The zero-order valence-corrected chi connectivity index (χ0v) is 39.3. The van der Waals surface area contributed by atoms with E-state index in [1.165, 1.54) is 114 Å². The molecular weight excluding hydrogens is 713 g/mol. The van der Waals surface area contributed by atoms with E-state index < -0.39 is 24.4 Å². The molecule has 4 heteroatoms. The van der Waals surface area contributed by atoms with E-state index in [0.717, 1.165) is 73.0 Å². The van der Waals surface area contributed by atoms with Crippen LogP contribution in [0.25, 0.3) is 0 Å². The molecule has 0 saturated heterocycles. The Balaban J connectivity index is 0.000000221. The van der Waals surface area contributed by atoms with Crippen molar-refractivity contribution in [2.45, 2.75) is 222 Å². The van der Waals surface area contributed by atoms with Crippen LogP contribution in [0.15, 0.2) is 46.6 Å². The Morgan fingerprint density at radius 3 is 1.19 bits per heavy atom. The normalized spacial score (nSPS) is 40.3. The summed E-state index contributed by atoms with van der Waals surface area (Å²) in [6, 6.07) is 0. The van der Waals surface area contributed by atoms with Crippen LogP contribution in [0.5, 0.6) is 0 Å². The summed E-state index contributed by atoms with van der Waals surface area (Å²) in [5.41, 5.74) is 6.68. The summed E-state index contributed by atoms with van der Waals surface area (Å²) in [4.78, 5) is 0. The minimum Gasteiger partial charge on any atom is -0.392 e. The smallest absolute Gasteiger partial charge is 0.0627 e. The molecule has 332 valence electrons. The number of aliphatic hydroxyl groups is 4. The molecule has 6 saturated carbocycles. The van der Waals surface area contributed by atoms with Gasteiger partial charge in [0.1, 0.15) is 0 Å². The first-order valence-electron chi connectivity index (χ1n) is 24.9. The lowest BCUT2D eigenvalue weighted by atomic mass is 9.60. The Morgan fingerprint density at radius 1 is 0.517 bits per heavy atom. The Hall–Kier alpha value is -1.20. The lowest BCUT2D eigenvalue weighted by Gasteiger charge is -2.44. The zero-order chi connectivity index (χ0) is 42.4. The second-order valence-corrected chi connectivity index (χ2v) is 22.7. The summed E-state index contributed by atoms with van der Waals surface area (Å²) in [7, 11) is 0. The molecule has 0 aromatic heterocycles. The number of rotatable bonds is 12. The van der Waals surface area contributed by atoms with Gasteiger partial charge in [-0.05, 0) is 148 Å². The fourth-order valence-corrected chi connectivity index (χ4v) is 13.7. The maximum absolute atomic E-state index is 10.2. The number of fused-ring (bicyclic) bond motifs is 2. The van der Waals surface area contributed by atoms with Gasteiger partial charge < -0.3 is 20.4 Å². The van der Waals surface area contributed by atoms with Crippen LogP contribution in [-0.2, 0) is 0 Å². The first-order chi connectivity index (χ1) is 27.4. The predicted octanol–water partition coefficient (Wildman–Crippen LogP) is 13.3. The van der Waals surface area contributed by atoms with Gasteiger partial charge in [-0.1, -0.05) is 154 Å². The van der Waals surface area contributed by atoms with Gasteiger partial charge in [0.2, 0.25) is 0 Å². The summed E-state index contributed by atoms with van der Waals surface area (Å²) in [5.74, 6) is 6.53. The second-order valence-electron chi connectivity index (χ2n) is 22.7. The van der Waals surface area contributed by atoms with E-state index in [1.54, 1.807) is 11.1 Å². The van der Waals surface area contributed by atoms with Crippen molar-refractivity contribution in [2.75, 3.05) is 0 Å². The third-order valence-electron chi connectivity index (χ3n) is 17.7. The van der Waals surface area contributed by atoms with E-state index in [4.69, 9.17) is 0 Å². The number of hydrogen-bond acceptors (Lipinski definition) is 4. The maximum Gasteiger partial charge on any atom is 0.0627 e. The van der Waals surface area contributed by atoms with E-state index in [2.05, 4.69) is 79.7 Å². The fourth-order valence-electron chi connectivity index (χ4n) is 13.7. The third-order valence-corrected chi connectivity index (χ3v) is 17.7. The van der Waals surface area contributed by atoms with Gasteiger partial charge in [0.25, 0.3) is 0 Å². The first-order valence-corrected chi connectivity index (χ1v) is 24.9. The van der Waals surface area contributed by atoms with Crippen LogP contribution < -0.4 is 0 Å². The van der Waals surface area contributed by atoms with Crippen LogP contribution in [0.2, 0.25) is 0 Å². The van der Waals surface area contributed by atoms with Gasteiger partial charge in [-0.25, -0.2) is 0 Å². The van der Waals surface area contributed by atoms with Gasteiger partial charge >= 0.3 is 0 Å². The van der Waals surface area contributed by atoms with Gasteiger partial charge in [-0.15, -0.1) is 0 Å². The molecule has 0 aromatic rings. The van der Waals surface area contributed by atoms with Crippen LogP contribution in [0.1, 0.15) is 198 Å². The number of aliphatic hydroxyl groups excluding tert-OH is 4. The zero-order valence-electron chi connectivity index (χ0n) is 39.3. The van der Waals surface area contributed by atoms with Gasteiger partial charge in [0, 0.05) is 11.8 Å². The molecule has 6 aliphatic rings. The highest BCUT2D eigenvalue weighted by Gasteiger charge is 2.51. The van der Waals surface area contributed by atoms with E-state index in [1.807, 2.05) is 13.8 Å². The second kappa shape index (κ2) is 21.3. The molecule has 6 fully saturated rings. The van der Waals surface area contributed by atoms with Crippen LogP contribution >= 0.6 is 0 Å². The highest BCUT2D eigenvalue weighted by atomic mass is 16.3. The maximum atomic E-state index is 10.2. The van der Waals surface area contributed by atoms with Crippen molar-refractivity contribution in [1.82, 2.24) is 0 Å². The molecule has 0 aliphatic heterocycles. The molecule has 0 heterocycles. The molecule has 0 radical (unpaired) electrons. The van der Waals surface area contributed by atoms with Crippen LogP contribution in [0, 0.1) is 70.0 Å². The first kappa shape index (κ1) is 47.8. The van der Waals surface area contributed by atoms with Crippen molar-refractivity contribution in [3.05, 3.63) is 46.6 Å². The van der Waals surface area contributed by atoms with E-state index >= 15 is 0 Å². The average Bonchev–Trinajstić information content (AvgIpc) is 3.71. The van der Waals surface area contributed by atoms with Crippen molar-refractivity contribution in [3.8, 4) is 0 Å². The quantitative estimate of drug-likeness (QED) is 0.158. The molecule has 0 spiro atoms. The lowest BCUT2D eigenvalue weighted by molar-refractivity contribution is 0.00358. The minimum absolute atomic E-state index is 0.00875. The highest BCUT2D eigenvalue weighted by Crippen LogP contribution is 2.61. The molecular formula is C54H92O4. The molecule has 4 nitrogen and oxygen atoms in total. The molecule has 0 amide bonds. The minimum atomic E-state index is -0.400. The van der Waals surface area contributed by atoms with Gasteiger partial charge in [-0.3, -0.25) is 0 Å². The Morgan fingerprint density at radius 2 is 0.862 bits per heavy atom. The van der Waals surface area contributed by atoms with Gasteiger partial charge in [-0.2, -0.15) is 0 Å².